The molecular formula is C18H20Cl3FN6O. The van der Waals surface area contributed by atoms with Crippen LogP contribution in [0, 0.1) is 12.7 Å². The molecule has 7 nitrogen and oxygen atoms in total. The summed E-state index contributed by atoms with van der Waals surface area (Å²) in [4.78, 5) is 8.36. The maximum Gasteiger partial charge on any atom is 0.164 e. The summed E-state index contributed by atoms with van der Waals surface area (Å²) < 4.78 is 22.1. The predicted molar refractivity (Wildman–Crippen MR) is 117 cm³/mol. The minimum atomic E-state index is -0.495. The number of ether oxygens (including phenoxy) is 1. The molecule has 3 N–H and O–H groups in total. The van der Waals surface area contributed by atoms with Gasteiger partial charge in [-0.3, -0.25) is 0 Å². The minimum Gasteiger partial charge on any atom is -0.496 e. The lowest BCUT2D eigenvalue weighted by molar-refractivity contribution is 0.395. The number of nitrogen functional groups attached to an aromatic ring is 1. The number of nitrogens with two attached hydrogens (primary N) is 1. The van der Waals surface area contributed by atoms with Crippen molar-refractivity contribution in [2.75, 3.05) is 19.4 Å². The van der Waals surface area contributed by atoms with E-state index >= 15 is 0 Å². The second-order valence-corrected chi connectivity index (χ2v) is 6.79. The fourth-order valence-electron chi connectivity index (χ4n) is 3.38. The van der Waals surface area contributed by atoms with Crippen LogP contribution in [0.4, 0.5) is 10.2 Å². The molecule has 0 bridgehead atoms. The Hall–Kier alpha value is -2.29. The number of nitrogens with zero attached hydrogens (tertiary/aromatic N) is 4. The number of benzene rings is 1. The van der Waals surface area contributed by atoms with Crippen LogP contribution in [0.15, 0.2) is 18.6 Å². The first-order chi connectivity index (χ1) is 12.9. The highest BCUT2D eigenvalue weighted by Gasteiger charge is 2.28. The lowest BCUT2D eigenvalue weighted by atomic mass is 9.95. The Labute approximate surface area is 184 Å². The Morgan fingerprint density at radius 2 is 2.03 bits per heavy atom. The van der Waals surface area contributed by atoms with Crippen molar-refractivity contribution in [3.63, 3.8) is 0 Å². The summed E-state index contributed by atoms with van der Waals surface area (Å²) in [5.41, 5.74) is 9.17. The highest BCUT2D eigenvalue weighted by atomic mass is 35.5. The van der Waals surface area contributed by atoms with Crippen LogP contribution < -0.4 is 15.8 Å². The van der Waals surface area contributed by atoms with E-state index in [1.165, 1.54) is 13.4 Å². The van der Waals surface area contributed by atoms with Gasteiger partial charge in [-0.2, -0.15) is 5.10 Å². The molecule has 3 heterocycles. The van der Waals surface area contributed by atoms with Crippen LogP contribution in [0.3, 0.4) is 0 Å². The van der Waals surface area contributed by atoms with Gasteiger partial charge in [0.05, 0.1) is 34.8 Å². The van der Waals surface area contributed by atoms with Gasteiger partial charge in [0.1, 0.15) is 17.9 Å². The number of halogens is 4. The van der Waals surface area contributed by atoms with Crippen molar-refractivity contribution in [3.05, 3.63) is 46.3 Å². The smallest absolute Gasteiger partial charge is 0.164 e. The minimum absolute atomic E-state index is 0. The van der Waals surface area contributed by atoms with E-state index in [2.05, 4.69) is 20.4 Å². The zero-order chi connectivity index (χ0) is 19.3. The zero-order valence-electron chi connectivity index (χ0n) is 15.9. The molecule has 1 aliphatic heterocycles. The van der Waals surface area contributed by atoms with Crippen LogP contribution in [0.5, 0.6) is 5.75 Å². The van der Waals surface area contributed by atoms with Crippen molar-refractivity contribution >= 4 is 58.8 Å². The molecule has 11 heteroatoms. The molecular weight excluding hydrogens is 442 g/mol. The van der Waals surface area contributed by atoms with Crippen LogP contribution in [-0.2, 0) is 0 Å². The van der Waals surface area contributed by atoms with Gasteiger partial charge < -0.3 is 15.8 Å². The van der Waals surface area contributed by atoms with Crippen LogP contribution in [0.2, 0.25) is 5.02 Å². The number of nitrogens with one attached hydrogen (secondary N) is 1. The van der Waals surface area contributed by atoms with Gasteiger partial charge in [-0.15, -0.1) is 24.8 Å². The van der Waals surface area contributed by atoms with E-state index in [1.54, 1.807) is 16.9 Å². The standard InChI is InChI=1S/C18H18ClFN6O.2ClH/c1-8-13-17(21)23-7-24-18(13)26(25-8)9(2)11-4-12(19)15(20)14(16(11)27-3)10-5-22-6-10;;/h4-5,7,9,22H,6H2,1-3H3,(H2,21,23,24);2*1H. The first-order valence-electron chi connectivity index (χ1n) is 8.38. The molecule has 0 saturated carbocycles. The average Bonchev–Trinajstić information content (AvgIpc) is 2.94. The molecule has 0 amide bonds. The number of hydrogen-bond donors (Lipinski definition) is 2. The normalized spacial score (nSPS) is 13.5. The van der Waals surface area contributed by atoms with Crippen LogP contribution in [0.25, 0.3) is 16.6 Å². The average molecular weight is 462 g/mol. The molecule has 0 aliphatic carbocycles. The predicted octanol–water partition coefficient (Wildman–Crippen LogP) is 3.92. The molecule has 0 saturated heterocycles. The second kappa shape index (κ2) is 8.61. The summed E-state index contributed by atoms with van der Waals surface area (Å²) in [7, 11) is 1.52. The summed E-state index contributed by atoms with van der Waals surface area (Å²) in [6.07, 6.45) is 3.14. The maximum absolute atomic E-state index is 14.7. The molecule has 2 aromatic heterocycles. The third-order valence-electron chi connectivity index (χ3n) is 4.80. The molecule has 156 valence electrons. The van der Waals surface area contributed by atoms with Crippen molar-refractivity contribution in [3.8, 4) is 5.75 Å². The summed E-state index contributed by atoms with van der Waals surface area (Å²) in [5, 5.41) is 8.30. The fraction of sp³-hybridized carbons (Fsp3) is 0.278. The van der Waals surface area contributed by atoms with Gasteiger partial charge in [0.15, 0.2) is 11.5 Å². The third-order valence-corrected chi connectivity index (χ3v) is 5.08. The Morgan fingerprint density at radius 1 is 1.34 bits per heavy atom. The molecule has 1 atom stereocenters. The van der Waals surface area contributed by atoms with Gasteiger partial charge in [-0.05, 0) is 19.9 Å². The van der Waals surface area contributed by atoms with Crippen molar-refractivity contribution in [2.45, 2.75) is 19.9 Å². The Bertz CT molecular complexity index is 1100. The summed E-state index contributed by atoms with van der Waals surface area (Å²) >= 11 is 6.20. The van der Waals surface area contributed by atoms with E-state index in [4.69, 9.17) is 22.1 Å². The first kappa shape index (κ1) is 23.0. The maximum atomic E-state index is 14.7. The highest BCUT2D eigenvalue weighted by Crippen LogP contribution is 2.41. The van der Waals surface area contributed by atoms with Crippen molar-refractivity contribution in [1.29, 1.82) is 0 Å². The number of rotatable bonds is 4. The summed E-state index contributed by atoms with van der Waals surface area (Å²) in [5.74, 6) is 0.303. The van der Waals surface area contributed by atoms with Crippen molar-refractivity contribution < 1.29 is 9.13 Å². The van der Waals surface area contributed by atoms with E-state index in [-0.39, 0.29) is 35.9 Å². The molecule has 1 aromatic carbocycles. The number of aromatic nitrogens is 4. The molecule has 0 fully saturated rings. The van der Waals surface area contributed by atoms with Gasteiger partial charge in [-0.1, -0.05) is 11.6 Å². The number of methoxy groups -OCH3 is 1. The molecule has 0 spiro atoms. The van der Waals surface area contributed by atoms with Gasteiger partial charge in [0.2, 0.25) is 0 Å². The van der Waals surface area contributed by atoms with E-state index < -0.39 is 5.82 Å². The van der Waals surface area contributed by atoms with E-state index in [0.29, 0.717) is 46.0 Å². The monoisotopic (exact) mass is 460 g/mol. The molecule has 1 aliphatic rings. The summed E-state index contributed by atoms with van der Waals surface area (Å²) in [6.45, 7) is 4.32. The molecule has 29 heavy (non-hydrogen) atoms. The van der Waals surface area contributed by atoms with E-state index in [1.807, 2.05) is 13.8 Å². The van der Waals surface area contributed by atoms with Crippen molar-refractivity contribution in [1.82, 2.24) is 25.1 Å². The number of hydrogen-bond acceptors (Lipinski definition) is 6. The number of anilines is 1. The topological polar surface area (TPSA) is 90.9 Å². The quantitative estimate of drug-likeness (QED) is 0.612. The van der Waals surface area contributed by atoms with Gasteiger partial charge in [-0.25, -0.2) is 19.0 Å². The van der Waals surface area contributed by atoms with E-state index in [9.17, 15) is 4.39 Å². The Balaban J connectivity index is 0.00000150. The van der Waals surface area contributed by atoms with Gasteiger partial charge in [0.25, 0.3) is 0 Å². The van der Waals surface area contributed by atoms with Gasteiger partial charge >= 0.3 is 0 Å². The SMILES string of the molecule is COc1c(C(C)n2nc(C)c3c(N)ncnc32)cc(Cl)c(F)c1C1=CNC1.Cl.Cl. The molecule has 0 radical (unpaired) electrons. The van der Waals surface area contributed by atoms with Crippen LogP contribution in [0.1, 0.15) is 29.8 Å². The molecule has 3 aromatic rings. The van der Waals surface area contributed by atoms with Crippen molar-refractivity contribution in [2.24, 2.45) is 0 Å². The molecule has 1 unspecified atom stereocenters. The fourth-order valence-corrected chi connectivity index (χ4v) is 3.59. The first-order valence-corrected chi connectivity index (χ1v) is 8.75. The van der Waals surface area contributed by atoms with Crippen LogP contribution >= 0.6 is 36.4 Å². The summed E-state index contributed by atoms with van der Waals surface area (Å²) in [6, 6.07) is 1.25. The van der Waals surface area contributed by atoms with Crippen LogP contribution in [-0.4, -0.2) is 33.4 Å². The lowest BCUT2D eigenvalue weighted by Gasteiger charge is -2.24. The van der Waals surface area contributed by atoms with E-state index in [0.717, 1.165) is 5.57 Å². The second-order valence-electron chi connectivity index (χ2n) is 6.38. The Morgan fingerprint density at radius 3 is 2.62 bits per heavy atom. The zero-order valence-corrected chi connectivity index (χ0v) is 18.3. The number of aryl methyl sites for hydroxylation is 1. The molecule has 4 rings (SSSR count). The highest BCUT2D eigenvalue weighted by molar-refractivity contribution is 6.31. The number of fused-ring (bicyclic) bond motifs is 1. The Kier molecular flexibility index (Phi) is 6.82. The largest absolute Gasteiger partial charge is 0.496 e. The lowest BCUT2D eigenvalue weighted by Crippen LogP contribution is -2.22. The third kappa shape index (κ3) is 3.56. The van der Waals surface area contributed by atoms with Gasteiger partial charge in [0, 0.05) is 23.9 Å².